The van der Waals surface area contributed by atoms with Crippen molar-refractivity contribution in [3.63, 3.8) is 0 Å². The molecule has 0 aliphatic carbocycles. The number of fused-ring (bicyclic) bond motifs is 2. The maximum absolute atomic E-state index is 13.0. The number of para-hydroxylation sites is 1. The number of benzene rings is 2. The molecule has 4 aromatic rings. The molecular formula is C22H21ClN4O5. The van der Waals surface area contributed by atoms with E-state index in [0.29, 0.717) is 46.0 Å². The number of nitrogens with one attached hydrogen (secondary N) is 1. The van der Waals surface area contributed by atoms with E-state index in [1.807, 2.05) is 0 Å². The number of oxazole rings is 1. The van der Waals surface area contributed by atoms with Crippen molar-refractivity contribution in [2.75, 3.05) is 20.3 Å². The molecule has 0 atom stereocenters. The zero-order valence-electron chi connectivity index (χ0n) is 17.3. The number of aromatic amines is 1. The summed E-state index contributed by atoms with van der Waals surface area (Å²) < 4.78 is 11.7. The van der Waals surface area contributed by atoms with Crippen LogP contribution < -0.4 is 11.3 Å². The molecular weight excluding hydrogens is 436 g/mol. The summed E-state index contributed by atoms with van der Waals surface area (Å²) in [6, 6.07) is 11.9. The van der Waals surface area contributed by atoms with Gasteiger partial charge >= 0.3 is 5.76 Å². The second-order valence-electron chi connectivity index (χ2n) is 7.22. The van der Waals surface area contributed by atoms with Gasteiger partial charge in [0.25, 0.3) is 5.56 Å². The van der Waals surface area contributed by atoms with Crippen LogP contribution in [0.3, 0.4) is 0 Å². The topological polar surface area (TPSA) is 110 Å². The van der Waals surface area contributed by atoms with Crippen LogP contribution in [-0.4, -0.2) is 45.6 Å². The molecule has 32 heavy (non-hydrogen) atoms. The summed E-state index contributed by atoms with van der Waals surface area (Å²) in [5.41, 5.74) is 1.22. The maximum atomic E-state index is 13.0. The number of carbonyl (C=O) groups excluding carboxylic acids is 1. The Morgan fingerprint density at radius 1 is 1.25 bits per heavy atom. The van der Waals surface area contributed by atoms with Gasteiger partial charge in [-0.15, -0.1) is 0 Å². The molecule has 9 nitrogen and oxygen atoms in total. The smallest absolute Gasteiger partial charge is 0.408 e. The number of rotatable bonds is 8. The van der Waals surface area contributed by atoms with Crippen LogP contribution in [0, 0.1) is 0 Å². The number of halogens is 1. The summed E-state index contributed by atoms with van der Waals surface area (Å²) in [6.07, 6.45) is 0.0543. The highest BCUT2D eigenvalue weighted by molar-refractivity contribution is 6.31. The monoisotopic (exact) mass is 456 g/mol. The normalized spacial score (nSPS) is 11.3. The van der Waals surface area contributed by atoms with E-state index in [9.17, 15) is 14.4 Å². The Labute approximate surface area is 187 Å². The van der Waals surface area contributed by atoms with Gasteiger partial charge in [0.15, 0.2) is 5.58 Å². The van der Waals surface area contributed by atoms with E-state index in [1.165, 1.54) is 4.57 Å². The molecule has 10 heteroatoms. The van der Waals surface area contributed by atoms with Crippen LogP contribution in [0.5, 0.6) is 0 Å². The van der Waals surface area contributed by atoms with Crippen LogP contribution in [0.4, 0.5) is 0 Å². The number of hydrogen-bond donors (Lipinski definition) is 1. The number of ether oxygens (including phenoxy) is 1. The second kappa shape index (κ2) is 9.37. The Hall–Kier alpha value is -3.43. The molecule has 0 spiro atoms. The number of carbonyl (C=O) groups is 1. The summed E-state index contributed by atoms with van der Waals surface area (Å²) in [7, 11) is 1.54. The first-order valence-corrected chi connectivity index (χ1v) is 10.4. The first kappa shape index (κ1) is 21.8. The van der Waals surface area contributed by atoms with E-state index in [2.05, 4.69) is 9.97 Å². The van der Waals surface area contributed by atoms with Crippen LogP contribution in [-0.2, 0) is 22.6 Å². The van der Waals surface area contributed by atoms with E-state index >= 15 is 0 Å². The number of aryl methyl sites for hydroxylation is 1. The van der Waals surface area contributed by atoms with Crippen LogP contribution in [0.25, 0.3) is 22.0 Å². The molecule has 0 radical (unpaired) electrons. The fourth-order valence-corrected chi connectivity index (χ4v) is 3.66. The molecule has 2 aromatic heterocycles. The fraction of sp³-hybridized carbons (Fsp3) is 0.273. The predicted octanol–water partition coefficient (Wildman–Crippen LogP) is 2.55. The molecule has 1 N–H and O–H groups in total. The molecule has 0 unspecified atom stereocenters. The predicted molar refractivity (Wildman–Crippen MR) is 120 cm³/mol. The van der Waals surface area contributed by atoms with Crippen molar-refractivity contribution < 1.29 is 13.9 Å². The summed E-state index contributed by atoms with van der Waals surface area (Å²) in [5.74, 6) is -0.397. The number of hydrogen-bond acceptors (Lipinski definition) is 6. The highest BCUT2D eigenvalue weighted by Crippen LogP contribution is 2.18. The van der Waals surface area contributed by atoms with Crippen LogP contribution in [0.1, 0.15) is 12.2 Å². The lowest BCUT2D eigenvalue weighted by Gasteiger charge is -2.22. The van der Waals surface area contributed by atoms with Crippen molar-refractivity contribution in [3.05, 3.63) is 74.2 Å². The van der Waals surface area contributed by atoms with Gasteiger partial charge in [-0.3, -0.25) is 14.2 Å². The molecule has 166 valence electrons. The molecule has 0 fully saturated rings. The minimum Gasteiger partial charge on any atom is -0.408 e. The molecule has 0 aliphatic rings. The third-order valence-corrected chi connectivity index (χ3v) is 5.34. The molecule has 2 heterocycles. The number of amides is 1. The second-order valence-corrected chi connectivity index (χ2v) is 7.66. The summed E-state index contributed by atoms with van der Waals surface area (Å²) >= 11 is 5.95. The average Bonchev–Trinajstić information content (AvgIpc) is 3.08. The van der Waals surface area contributed by atoms with Gasteiger partial charge in [-0.25, -0.2) is 9.78 Å². The van der Waals surface area contributed by atoms with E-state index in [0.717, 1.165) is 0 Å². The molecule has 1 amide bonds. The number of aromatic nitrogens is 3. The van der Waals surface area contributed by atoms with E-state index < -0.39 is 5.76 Å². The van der Waals surface area contributed by atoms with Crippen molar-refractivity contribution >= 4 is 39.5 Å². The summed E-state index contributed by atoms with van der Waals surface area (Å²) in [5, 5.41) is 0.939. The van der Waals surface area contributed by atoms with Crippen molar-refractivity contribution in [1.29, 1.82) is 0 Å². The van der Waals surface area contributed by atoms with E-state index in [4.69, 9.17) is 20.8 Å². The highest BCUT2D eigenvalue weighted by Gasteiger charge is 2.18. The fourth-order valence-electron chi connectivity index (χ4n) is 3.50. The minimum atomic E-state index is -0.556. The van der Waals surface area contributed by atoms with Gasteiger partial charge in [0.05, 0.1) is 29.6 Å². The van der Waals surface area contributed by atoms with Gasteiger partial charge in [-0.1, -0.05) is 23.7 Å². The van der Waals surface area contributed by atoms with Crippen LogP contribution in [0.15, 0.2) is 56.5 Å². The van der Waals surface area contributed by atoms with Gasteiger partial charge < -0.3 is 19.0 Å². The molecule has 0 saturated carbocycles. The van der Waals surface area contributed by atoms with Crippen LogP contribution >= 0.6 is 11.6 Å². The first-order valence-electron chi connectivity index (χ1n) is 10.00. The standard InChI is InChI=1S/C22H21ClN4O5/c1-31-11-10-26(13-19-24-16-5-3-2-4-15(16)21(29)25-19)20(28)8-9-27-17-7-6-14(23)12-18(17)32-22(27)30/h2-7,12H,8-11,13H2,1H3,(H,24,25,29). The third-order valence-electron chi connectivity index (χ3n) is 5.10. The Bertz CT molecular complexity index is 1390. The lowest BCUT2D eigenvalue weighted by Crippen LogP contribution is -2.35. The molecule has 4 rings (SSSR count). The Morgan fingerprint density at radius 3 is 2.88 bits per heavy atom. The zero-order chi connectivity index (χ0) is 22.7. The third kappa shape index (κ3) is 4.58. The number of methoxy groups -OCH3 is 1. The van der Waals surface area contributed by atoms with Gasteiger partial charge in [0.1, 0.15) is 5.82 Å². The van der Waals surface area contributed by atoms with Crippen molar-refractivity contribution in [1.82, 2.24) is 19.4 Å². The Morgan fingerprint density at radius 2 is 2.06 bits per heavy atom. The zero-order valence-corrected chi connectivity index (χ0v) is 18.1. The number of H-pyrrole nitrogens is 1. The molecule has 0 aliphatic heterocycles. The van der Waals surface area contributed by atoms with Crippen molar-refractivity contribution in [3.8, 4) is 0 Å². The van der Waals surface area contributed by atoms with Crippen molar-refractivity contribution in [2.24, 2.45) is 0 Å². The molecule has 0 saturated heterocycles. The summed E-state index contributed by atoms with van der Waals surface area (Å²) in [6.45, 7) is 0.871. The number of nitrogens with zero attached hydrogens (tertiary/aromatic N) is 3. The Balaban J connectivity index is 1.53. The lowest BCUT2D eigenvalue weighted by molar-refractivity contribution is -0.132. The lowest BCUT2D eigenvalue weighted by atomic mass is 10.2. The molecule has 0 bridgehead atoms. The van der Waals surface area contributed by atoms with Gasteiger partial charge in [0, 0.05) is 37.7 Å². The minimum absolute atomic E-state index is 0.0543. The van der Waals surface area contributed by atoms with E-state index in [1.54, 1.807) is 54.5 Å². The summed E-state index contributed by atoms with van der Waals surface area (Å²) in [4.78, 5) is 46.3. The first-order chi connectivity index (χ1) is 15.5. The average molecular weight is 457 g/mol. The highest BCUT2D eigenvalue weighted by atomic mass is 35.5. The Kier molecular flexibility index (Phi) is 6.38. The van der Waals surface area contributed by atoms with Gasteiger partial charge in [-0.05, 0) is 24.3 Å². The van der Waals surface area contributed by atoms with Crippen LogP contribution in [0.2, 0.25) is 5.02 Å². The molecule has 2 aromatic carbocycles. The SMILES string of the molecule is COCCN(Cc1nc2ccccc2c(=O)[nH]1)C(=O)CCn1c(=O)oc2cc(Cl)ccc21. The van der Waals surface area contributed by atoms with Gasteiger partial charge in [-0.2, -0.15) is 0 Å². The van der Waals surface area contributed by atoms with Crippen molar-refractivity contribution in [2.45, 2.75) is 19.5 Å². The van der Waals surface area contributed by atoms with E-state index in [-0.39, 0.29) is 31.0 Å². The van der Waals surface area contributed by atoms with Gasteiger partial charge in [0.2, 0.25) is 5.91 Å². The quantitative estimate of drug-likeness (QED) is 0.436. The maximum Gasteiger partial charge on any atom is 0.419 e. The largest absolute Gasteiger partial charge is 0.419 e.